The van der Waals surface area contributed by atoms with E-state index >= 15 is 0 Å². The number of carbonyl (C=O) groups is 1. The van der Waals surface area contributed by atoms with Gasteiger partial charge in [0, 0.05) is 32.6 Å². The lowest BCUT2D eigenvalue weighted by molar-refractivity contribution is -0.142. The van der Waals surface area contributed by atoms with E-state index in [0.717, 1.165) is 12.8 Å². The van der Waals surface area contributed by atoms with Gasteiger partial charge >= 0.3 is 0 Å². The average Bonchev–Trinajstić information content (AvgIpc) is 2.91. The molecule has 3 heterocycles. The van der Waals surface area contributed by atoms with Crippen molar-refractivity contribution in [3.05, 3.63) is 18.2 Å². The van der Waals surface area contributed by atoms with E-state index in [1.165, 1.54) is 10.4 Å². The zero-order chi connectivity index (χ0) is 18.4. The number of benzene rings is 1. The number of fused-ring (bicyclic) bond motifs is 1. The van der Waals surface area contributed by atoms with Crippen LogP contribution in [-0.2, 0) is 14.8 Å². The minimum Gasteiger partial charge on any atom is -0.490 e. The highest BCUT2D eigenvalue weighted by Gasteiger charge is 2.54. The van der Waals surface area contributed by atoms with Crippen LogP contribution in [0.5, 0.6) is 11.5 Å². The number of carbonyl (C=O) groups excluding carboxylic acids is 1. The molecule has 1 aromatic rings. The summed E-state index contributed by atoms with van der Waals surface area (Å²) >= 11 is 0. The summed E-state index contributed by atoms with van der Waals surface area (Å²) in [6.45, 7) is 2.09. The number of hydrogen-bond acceptors (Lipinski definition) is 5. The summed E-state index contributed by atoms with van der Waals surface area (Å²) in [4.78, 5) is 14.7. The fraction of sp³-hybridized carbons (Fsp3) is 0.611. The Morgan fingerprint density at radius 1 is 1.00 bits per heavy atom. The summed E-state index contributed by atoms with van der Waals surface area (Å²) in [6.07, 6.45) is 3.44. The van der Waals surface area contributed by atoms with Gasteiger partial charge in [0.2, 0.25) is 15.9 Å². The van der Waals surface area contributed by atoms with Crippen LogP contribution in [-0.4, -0.2) is 62.4 Å². The Kier molecular flexibility index (Phi) is 4.35. The molecule has 1 aromatic carbocycles. The number of likely N-dealkylation sites (tertiary alicyclic amines) is 1. The fourth-order valence-corrected chi connectivity index (χ4v) is 6.11. The van der Waals surface area contributed by atoms with Crippen LogP contribution in [0.2, 0.25) is 0 Å². The SMILES string of the molecule is CN1CCCC2(CCCN2S(=O)(=O)c2ccc3c(c2)OCCCO3)C1=O. The van der Waals surface area contributed by atoms with E-state index in [0.29, 0.717) is 57.1 Å². The van der Waals surface area contributed by atoms with Crippen LogP contribution in [0.25, 0.3) is 0 Å². The first-order valence-electron chi connectivity index (χ1n) is 9.13. The number of ether oxygens (including phenoxy) is 2. The lowest BCUT2D eigenvalue weighted by Gasteiger charge is -2.42. The van der Waals surface area contributed by atoms with E-state index in [9.17, 15) is 13.2 Å². The highest BCUT2D eigenvalue weighted by atomic mass is 32.2. The van der Waals surface area contributed by atoms with E-state index in [4.69, 9.17) is 9.47 Å². The minimum absolute atomic E-state index is 0.0841. The molecule has 1 spiro atoms. The molecular formula is C18H24N2O5S. The number of piperidine rings is 1. The number of hydrogen-bond donors (Lipinski definition) is 0. The van der Waals surface area contributed by atoms with Gasteiger partial charge in [-0.1, -0.05) is 0 Å². The summed E-state index contributed by atoms with van der Waals surface area (Å²) in [5.41, 5.74) is -0.935. The van der Waals surface area contributed by atoms with Crippen LogP contribution in [0.1, 0.15) is 32.1 Å². The Bertz CT molecular complexity index is 825. The number of nitrogens with zero attached hydrogens (tertiary/aromatic N) is 2. The normalized spacial score (nSPS) is 27.0. The van der Waals surface area contributed by atoms with Crippen LogP contribution in [0, 0.1) is 0 Å². The van der Waals surface area contributed by atoms with Gasteiger partial charge < -0.3 is 14.4 Å². The molecule has 0 saturated carbocycles. The van der Waals surface area contributed by atoms with Crippen molar-refractivity contribution in [2.45, 2.75) is 42.5 Å². The molecule has 142 valence electrons. The molecule has 2 saturated heterocycles. The summed E-state index contributed by atoms with van der Waals surface area (Å²) in [7, 11) is -2.05. The van der Waals surface area contributed by atoms with Gasteiger partial charge in [-0.2, -0.15) is 4.31 Å². The Morgan fingerprint density at radius 2 is 1.69 bits per heavy atom. The first kappa shape index (κ1) is 17.6. The molecule has 0 N–H and O–H groups in total. The fourth-order valence-electron chi connectivity index (χ4n) is 4.27. The Balaban J connectivity index is 1.72. The van der Waals surface area contributed by atoms with Gasteiger partial charge in [-0.25, -0.2) is 8.42 Å². The van der Waals surface area contributed by atoms with E-state index < -0.39 is 15.6 Å². The van der Waals surface area contributed by atoms with Crippen molar-refractivity contribution in [2.24, 2.45) is 0 Å². The van der Waals surface area contributed by atoms with Gasteiger partial charge in [0.05, 0.1) is 18.1 Å². The third-order valence-corrected chi connectivity index (χ3v) is 7.53. The highest BCUT2D eigenvalue weighted by Crippen LogP contribution is 2.42. The van der Waals surface area contributed by atoms with E-state index in [-0.39, 0.29) is 10.8 Å². The maximum atomic E-state index is 13.4. The number of rotatable bonds is 2. The van der Waals surface area contributed by atoms with Crippen LogP contribution in [0.3, 0.4) is 0 Å². The Labute approximate surface area is 153 Å². The molecule has 8 heteroatoms. The van der Waals surface area contributed by atoms with Crippen LogP contribution in [0.15, 0.2) is 23.1 Å². The van der Waals surface area contributed by atoms with Gasteiger partial charge in [-0.3, -0.25) is 4.79 Å². The largest absolute Gasteiger partial charge is 0.490 e. The second kappa shape index (κ2) is 6.42. The smallest absolute Gasteiger partial charge is 0.244 e. The van der Waals surface area contributed by atoms with Crippen molar-refractivity contribution >= 4 is 15.9 Å². The van der Waals surface area contributed by atoms with Crippen LogP contribution in [0.4, 0.5) is 0 Å². The Hall–Kier alpha value is -1.80. The number of sulfonamides is 1. The van der Waals surface area contributed by atoms with E-state index in [1.54, 1.807) is 24.1 Å². The topological polar surface area (TPSA) is 76.2 Å². The predicted molar refractivity (Wildman–Crippen MR) is 94.8 cm³/mol. The lowest BCUT2D eigenvalue weighted by Crippen LogP contribution is -2.60. The van der Waals surface area contributed by atoms with Crippen LogP contribution >= 0.6 is 0 Å². The van der Waals surface area contributed by atoms with Crippen molar-refractivity contribution in [3.8, 4) is 11.5 Å². The first-order chi connectivity index (χ1) is 12.4. The van der Waals surface area contributed by atoms with Crippen molar-refractivity contribution in [2.75, 3.05) is 33.4 Å². The predicted octanol–water partition coefficient (Wildman–Crippen LogP) is 1.62. The lowest BCUT2D eigenvalue weighted by atomic mass is 9.87. The number of amides is 1. The number of likely N-dealkylation sites (N-methyl/N-ethyl adjacent to an activating group) is 1. The molecule has 1 atom stereocenters. The van der Waals surface area contributed by atoms with Crippen LogP contribution < -0.4 is 9.47 Å². The van der Waals surface area contributed by atoms with Crippen molar-refractivity contribution < 1.29 is 22.7 Å². The summed E-state index contributed by atoms with van der Waals surface area (Å²) in [5, 5.41) is 0. The second-order valence-electron chi connectivity index (χ2n) is 7.20. The molecule has 0 aliphatic carbocycles. The molecule has 2 fully saturated rings. The van der Waals surface area contributed by atoms with Gasteiger partial charge in [-0.15, -0.1) is 0 Å². The zero-order valence-electron chi connectivity index (χ0n) is 14.9. The second-order valence-corrected chi connectivity index (χ2v) is 9.06. The summed E-state index contributed by atoms with van der Waals surface area (Å²) < 4.78 is 39.4. The first-order valence-corrected chi connectivity index (χ1v) is 10.6. The third kappa shape index (κ3) is 2.66. The van der Waals surface area contributed by atoms with Gasteiger partial charge in [0.1, 0.15) is 5.54 Å². The highest BCUT2D eigenvalue weighted by molar-refractivity contribution is 7.89. The molecule has 26 heavy (non-hydrogen) atoms. The van der Waals surface area contributed by atoms with E-state index in [2.05, 4.69) is 0 Å². The maximum absolute atomic E-state index is 13.4. The monoisotopic (exact) mass is 380 g/mol. The van der Waals surface area contributed by atoms with E-state index in [1.807, 2.05) is 0 Å². The molecular weight excluding hydrogens is 356 g/mol. The van der Waals surface area contributed by atoms with Gasteiger partial charge in [0.15, 0.2) is 11.5 Å². The quantitative estimate of drug-likeness (QED) is 0.779. The molecule has 0 bridgehead atoms. The van der Waals surface area contributed by atoms with Gasteiger partial charge in [0.25, 0.3) is 0 Å². The summed E-state index contributed by atoms with van der Waals surface area (Å²) in [5.74, 6) is 0.925. The third-order valence-electron chi connectivity index (χ3n) is 5.56. The van der Waals surface area contributed by atoms with Crippen molar-refractivity contribution in [1.29, 1.82) is 0 Å². The molecule has 0 aromatic heterocycles. The minimum atomic E-state index is -3.80. The molecule has 1 unspecified atom stereocenters. The maximum Gasteiger partial charge on any atom is 0.244 e. The molecule has 0 radical (unpaired) electrons. The molecule has 4 rings (SSSR count). The average molecular weight is 380 g/mol. The molecule has 7 nitrogen and oxygen atoms in total. The molecule has 3 aliphatic rings. The zero-order valence-corrected chi connectivity index (χ0v) is 15.8. The Morgan fingerprint density at radius 3 is 2.46 bits per heavy atom. The standard InChI is InChI=1S/C18H24N2O5S/c1-19-9-2-7-18(17(19)21)8-3-10-20(18)26(22,23)14-5-6-15-16(13-14)25-12-4-11-24-15/h5-6,13H,2-4,7-12H2,1H3. The molecule has 3 aliphatic heterocycles. The van der Waals surface area contributed by atoms with Crippen molar-refractivity contribution in [3.63, 3.8) is 0 Å². The van der Waals surface area contributed by atoms with Crippen molar-refractivity contribution in [1.82, 2.24) is 9.21 Å². The summed E-state index contributed by atoms with van der Waals surface area (Å²) in [6, 6.07) is 4.72. The van der Waals surface area contributed by atoms with Gasteiger partial charge in [-0.05, 0) is 37.8 Å². The molecule has 1 amide bonds.